The molecule has 0 aliphatic rings. The summed E-state index contributed by atoms with van der Waals surface area (Å²) in [4.78, 5) is 15.4. The van der Waals surface area contributed by atoms with Crippen molar-refractivity contribution in [3.8, 4) is 0 Å². The number of anilines is 1. The molecule has 0 unspecified atom stereocenters. The zero-order valence-corrected chi connectivity index (χ0v) is 9.99. The van der Waals surface area contributed by atoms with Gasteiger partial charge in [0.25, 0.3) is 0 Å². The Bertz CT molecular complexity index is 370. The summed E-state index contributed by atoms with van der Waals surface area (Å²) >= 11 is 0. The number of hydrogen-bond acceptors (Lipinski definition) is 4. The molecule has 0 saturated heterocycles. The number of carbonyl (C=O) groups excluding carboxylic acids is 1. The summed E-state index contributed by atoms with van der Waals surface area (Å²) in [6.07, 6.45) is 2.52. The minimum atomic E-state index is -0.433. The van der Waals surface area contributed by atoms with Crippen molar-refractivity contribution in [2.75, 3.05) is 5.73 Å². The van der Waals surface area contributed by atoms with E-state index in [0.717, 1.165) is 5.56 Å². The number of hydrogen-bond donors (Lipinski definition) is 1. The first kappa shape index (κ1) is 12.5. The summed E-state index contributed by atoms with van der Waals surface area (Å²) in [5.41, 5.74) is 6.12. The molecular formula is C12H18N2O2. The quantitative estimate of drug-likeness (QED) is 0.794. The van der Waals surface area contributed by atoms with Crippen molar-refractivity contribution in [2.45, 2.75) is 39.2 Å². The number of ether oxygens (including phenoxy) is 1. The van der Waals surface area contributed by atoms with Gasteiger partial charge in [0, 0.05) is 12.6 Å². The van der Waals surface area contributed by atoms with Crippen molar-refractivity contribution in [1.82, 2.24) is 4.98 Å². The van der Waals surface area contributed by atoms with Crippen LogP contribution < -0.4 is 5.73 Å². The zero-order valence-electron chi connectivity index (χ0n) is 9.99. The van der Waals surface area contributed by atoms with Crippen LogP contribution in [0.5, 0.6) is 0 Å². The highest BCUT2D eigenvalue weighted by atomic mass is 16.6. The van der Waals surface area contributed by atoms with Gasteiger partial charge in [-0.1, -0.05) is 6.07 Å². The fourth-order valence-corrected chi connectivity index (χ4v) is 1.29. The molecule has 0 aliphatic carbocycles. The van der Waals surface area contributed by atoms with Gasteiger partial charge < -0.3 is 10.5 Å². The third-order valence-electron chi connectivity index (χ3n) is 1.94. The van der Waals surface area contributed by atoms with Crippen LogP contribution in [-0.2, 0) is 16.0 Å². The van der Waals surface area contributed by atoms with E-state index < -0.39 is 5.60 Å². The van der Waals surface area contributed by atoms with E-state index >= 15 is 0 Å². The fraction of sp³-hybridized carbons (Fsp3) is 0.500. The number of aromatic nitrogens is 1. The molecule has 4 nitrogen and oxygen atoms in total. The van der Waals surface area contributed by atoms with Crippen molar-refractivity contribution in [1.29, 1.82) is 0 Å². The number of nitrogen functional groups attached to an aromatic ring is 1. The molecule has 0 atom stereocenters. The Balaban J connectivity index is 2.47. The average Bonchev–Trinajstić information content (AvgIpc) is 2.14. The van der Waals surface area contributed by atoms with E-state index in [9.17, 15) is 4.79 Å². The number of esters is 1. The third-order valence-corrected chi connectivity index (χ3v) is 1.94. The maximum Gasteiger partial charge on any atom is 0.306 e. The average molecular weight is 222 g/mol. The molecule has 0 amide bonds. The molecule has 16 heavy (non-hydrogen) atoms. The molecule has 0 spiro atoms. The molecule has 1 heterocycles. The normalized spacial score (nSPS) is 11.2. The van der Waals surface area contributed by atoms with Gasteiger partial charge in [0.15, 0.2) is 0 Å². The van der Waals surface area contributed by atoms with Crippen molar-refractivity contribution in [2.24, 2.45) is 0 Å². The molecule has 2 N–H and O–H groups in total. The Morgan fingerprint density at radius 1 is 1.50 bits per heavy atom. The lowest BCUT2D eigenvalue weighted by molar-refractivity contribution is -0.154. The first-order chi connectivity index (χ1) is 7.38. The van der Waals surface area contributed by atoms with Gasteiger partial charge in [-0.3, -0.25) is 4.79 Å². The van der Waals surface area contributed by atoms with Crippen molar-refractivity contribution in [3.05, 3.63) is 23.9 Å². The second-order valence-electron chi connectivity index (χ2n) is 4.63. The predicted molar refractivity (Wildman–Crippen MR) is 62.8 cm³/mol. The highest BCUT2D eigenvalue weighted by molar-refractivity contribution is 5.70. The highest BCUT2D eigenvalue weighted by Gasteiger charge is 2.16. The van der Waals surface area contributed by atoms with Crippen molar-refractivity contribution >= 4 is 11.8 Å². The molecule has 88 valence electrons. The fourth-order valence-electron chi connectivity index (χ4n) is 1.29. The van der Waals surface area contributed by atoms with E-state index in [2.05, 4.69) is 4.98 Å². The third kappa shape index (κ3) is 4.29. The van der Waals surface area contributed by atoms with E-state index in [1.165, 1.54) is 0 Å². The van der Waals surface area contributed by atoms with Crippen LogP contribution in [-0.4, -0.2) is 16.6 Å². The molecule has 0 saturated carbocycles. The number of nitrogens with zero attached hydrogens (tertiary/aromatic N) is 1. The molecule has 0 radical (unpaired) electrons. The van der Waals surface area contributed by atoms with E-state index in [1.807, 2.05) is 26.8 Å². The summed E-state index contributed by atoms with van der Waals surface area (Å²) in [5.74, 6) is 0.266. The molecule has 0 aliphatic heterocycles. The molecule has 1 rings (SSSR count). The SMILES string of the molecule is CC(C)(C)OC(=O)CCc1cccnc1N. The van der Waals surface area contributed by atoms with Crippen LogP contribution in [0, 0.1) is 0 Å². The largest absolute Gasteiger partial charge is 0.460 e. The van der Waals surface area contributed by atoms with Gasteiger partial charge in [0.2, 0.25) is 0 Å². The van der Waals surface area contributed by atoms with Crippen LogP contribution >= 0.6 is 0 Å². The minimum absolute atomic E-state index is 0.212. The number of carbonyl (C=O) groups is 1. The Morgan fingerprint density at radius 3 is 2.75 bits per heavy atom. The number of pyridine rings is 1. The molecule has 0 bridgehead atoms. The van der Waals surface area contributed by atoms with Gasteiger partial charge in [0.05, 0.1) is 0 Å². The summed E-state index contributed by atoms with van der Waals surface area (Å²) in [6.45, 7) is 5.55. The van der Waals surface area contributed by atoms with E-state index in [4.69, 9.17) is 10.5 Å². The maximum absolute atomic E-state index is 11.5. The first-order valence-electron chi connectivity index (χ1n) is 5.30. The summed E-state index contributed by atoms with van der Waals surface area (Å²) in [5, 5.41) is 0. The summed E-state index contributed by atoms with van der Waals surface area (Å²) in [6, 6.07) is 3.67. The summed E-state index contributed by atoms with van der Waals surface area (Å²) < 4.78 is 5.20. The van der Waals surface area contributed by atoms with Gasteiger partial charge in [-0.05, 0) is 38.8 Å². The Labute approximate surface area is 95.8 Å². The van der Waals surface area contributed by atoms with Gasteiger partial charge in [-0.2, -0.15) is 0 Å². The minimum Gasteiger partial charge on any atom is -0.460 e. The second kappa shape index (κ2) is 4.96. The first-order valence-corrected chi connectivity index (χ1v) is 5.30. The lowest BCUT2D eigenvalue weighted by Gasteiger charge is -2.19. The Kier molecular flexibility index (Phi) is 3.88. The van der Waals surface area contributed by atoms with Crippen LogP contribution in [0.25, 0.3) is 0 Å². The van der Waals surface area contributed by atoms with E-state index in [1.54, 1.807) is 12.3 Å². The van der Waals surface area contributed by atoms with Crippen LogP contribution in [0.2, 0.25) is 0 Å². The summed E-state index contributed by atoms with van der Waals surface area (Å²) in [7, 11) is 0. The number of rotatable bonds is 3. The lowest BCUT2D eigenvalue weighted by atomic mass is 10.1. The van der Waals surface area contributed by atoms with Crippen LogP contribution in [0.3, 0.4) is 0 Å². The van der Waals surface area contributed by atoms with Crippen LogP contribution in [0.4, 0.5) is 5.82 Å². The monoisotopic (exact) mass is 222 g/mol. The van der Waals surface area contributed by atoms with Gasteiger partial charge >= 0.3 is 5.97 Å². The van der Waals surface area contributed by atoms with Gasteiger partial charge in [-0.25, -0.2) is 4.98 Å². The molecule has 0 aromatic carbocycles. The molecular weight excluding hydrogens is 204 g/mol. The van der Waals surface area contributed by atoms with Crippen molar-refractivity contribution in [3.63, 3.8) is 0 Å². The van der Waals surface area contributed by atoms with E-state index in [0.29, 0.717) is 18.7 Å². The second-order valence-corrected chi connectivity index (χ2v) is 4.63. The zero-order chi connectivity index (χ0) is 12.2. The molecule has 0 fully saturated rings. The standard InChI is InChI=1S/C12H18N2O2/c1-12(2,3)16-10(15)7-6-9-5-4-8-14-11(9)13/h4-5,8H,6-7H2,1-3H3,(H2,13,14). The van der Waals surface area contributed by atoms with Crippen LogP contribution in [0.1, 0.15) is 32.8 Å². The number of nitrogens with two attached hydrogens (primary N) is 1. The molecule has 1 aromatic rings. The number of aryl methyl sites for hydroxylation is 1. The Hall–Kier alpha value is -1.58. The highest BCUT2D eigenvalue weighted by Crippen LogP contribution is 2.13. The smallest absolute Gasteiger partial charge is 0.306 e. The van der Waals surface area contributed by atoms with Crippen molar-refractivity contribution < 1.29 is 9.53 Å². The molecule has 4 heteroatoms. The predicted octanol–water partition coefficient (Wildman–Crippen LogP) is 1.94. The van der Waals surface area contributed by atoms with Gasteiger partial charge in [-0.15, -0.1) is 0 Å². The van der Waals surface area contributed by atoms with Crippen LogP contribution in [0.15, 0.2) is 18.3 Å². The topological polar surface area (TPSA) is 65.2 Å². The molecule has 1 aromatic heterocycles. The van der Waals surface area contributed by atoms with Gasteiger partial charge in [0.1, 0.15) is 11.4 Å². The Morgan fingerprint density at radius 2 is 2.19 bits per heavy atom. The van der Waals surface area contributed by atoms with E-state index in [-0.39, 0.29) is 5.97 Å². The lowest BCUT2D eigenvalue weighted by Crippen LogP contribution is -2.24. The maximum atomic E-state index is 11.5.